The average molecular weight is 712 g/mol. The molecule has 0 aliphatic carbocycles. The minimum atomic E-state index is 0.910. The van der Waals surface area contributed by atoms with Crippen LogP contribution in [0.25, 0.3) is 110 Å². The second kappa shape index (κ2) is 13.1. The molecule has 0 aliphatic rings. The van der Waals surface area contributed by atoms with Gasteiger partial charge in [0.05, 0.1) is 33.6 Å². The van der Waals surface area contributed by atoms with Crippen LogP contribution in [0.3, 0.4) is 0 Å². The predicted octanol–water partition coefficient (Wildman–Crippen LogP) is 14.0. The zero-order valence-electron chi connectivity index (χ0n) is 30.4. The Labute approximate surface area is 324 Å². The summed E-state index contributed by atoms with van der Waals surface area (Å²) in [5, 5.41) is 8.04. The number of hydrogen-bond donors (Lipinski definition) is 0. The van der Waals surface area contributed by atoms with Crippen LogP contribution in [-0.4, -0.2) is 15.0 Å². The van der Waals surface area contributed by atoms with Crippen molar-refractivity contribution in [1.82, 2.24) is 15.0 Å². The van der Waals surface area contributed by atoms with Crippen LogP contribution >= 0.6 is 0 Å². The van der Waals surface area contributed by atoms with Crippen molar-refractivity contribution in [3.05, 3.63) is 200 Å². The summed E-state index contributed by atoms with van der Waals surface area (Å²) in [6.45, 7) is 0. The van der Waals surface area contributed by atoms with E-state index in [1.54, 1.807) is 0 Å². The molecule has 0 spiro atoms. The van der Waals surface area contributed by atoms with E-state index in [1.807, 2.05) is 12.1 Å². The molecule has 8 aromatic carbocycles. The van der Waals surface area contributed by atoms with Gasteiger partial charge in [-0.2, -0.15) is 0 Å². The van der Waals surface area contributed by atoms with E-state index in [1.165, 1.54) is 43.8 Å². The zero-order valence-corrected chi connectivity index (χ0v) is 30.4. The number of rotatable bonds is 5. The molecule has 260 valence electrons. The lowest BCUT2D eigenvalue weighted by molar-refractivity contribution is 1.37. The van der Waals surface area contributed by atoms with Crippen LogP contribution in [0.1, 0.15) is 0 Å². The van der Waals surface area contributed by atoms with Gasteiger partial charge in [-0.15, -0.1) is 0 Å². The van der Waals surface area contributed by atoms with E-state index in [0.29, 0.717) is 0 Å². The van der Waals surface area contributed by atoms with Crippen molar-refractivity contribution >= 4 is 54.3 Å². The molecule has 11 aromatic rings. The first-order valence-electron chi connectivity index (χ1n) is 19.0. The fourth-order valence-corrected chi connectivity index (χ4v) is 8.30. The highest BCUT2D eigenvalue weighted by Crippen LogP contribution is 2.40. The van der Waals surface area contributed by atoms with Gasteiger partial charge in [-0.1, -0.05) is 170 Å². The van der Waals surface area contributed by atoms with Crippen LogP contribution in [0.5, 0.6) is 0 Å². The fourth-order valence-electron chi connectivity index (χ4n) is 8.30. The predicted molar refractivity (Wildman–Crippen MR) is 235 cm³/mol. The molecule has 0 unspecified atom stereocenters. The van der Waals surface area contributed by atoms with Gasteiger partial charge in [0.2, 0.25) is 0 Å². The molecule has 3 nitrogen and oxygen atoms in total. The largest absolute Gasteiger partial charge is 0.248 e. The minimum absolute atomic E-state index is 0.910. The van der Waals surface area contributed by atoms with Crippen molar-refractivity contribution in [3.63, 3.8) is 0 Å². The Bertz CT molecular complexity index is 3280. The Morgan fingerprint density at radius 2 is 0.804 bits per heavy atom. The third-order valence-corrected chi connectivity index (χ3v) is 11.0. The maximum Gasteiger partial charge on any atom is 0.0972 e. The summed E-state index contributed by atoms with van der Waals surface area (Å²) in [5.74, 6) is 0. The van der Waals surface area contributed by atoms with Crippen LogP contribution in [0.15, 0.2) is 200 Å². The zero-order chi connectivity index (χ0) is 37.0. The Hall–Kier alpha value is -7.49. The molecular weight excluding hydrogens is 679 g/mol. The van der Waals surface area contributed by atoms with Gasteiger partial charge in [0.1, 0.15) is 0 Å². The van der Waals surface area contributed by atoms with Gasteiger partial charge in [0.15, 0.2) is 0 Å². The van der Waals surface area contributed by atoms with Crippen LogP contribution in [0.2, 0.25) is 0 Å². The Morgan fingerprint density at radius 1 is 0.268 bits per heavy atom. The van der Waals surface area contributed by atoms with Crippen molar-refractivity contribution in [2.24, 2.45) is 0 Å². The summed E-state index contributed by atoms with van der Waals surface area (Å²) in [5.41, 5.74) is 13.7. The van der Waals surface area contributed by atoms with Gasteiger partial charge in [-0.05, 0) is 74.1 Å². The summed E-state index contributed by atoms with van der Waals surface area (Å²) in [6, 6.07) is 71.0. The molecule has 56 heavy (non-hydrogen) atoms. The topological polar surface area (TPSA) is 38.7 Å². The van der Waals surface area contributed by atoms with Crippen molar-refractivity contribution in [3.8, 4) is 56.0 Å². The number of nitrogens with zero attached hydrogens (tertiary/aromatic N) is 3. The van der Waals surface area contributed by atoms with Crippen molar-refractivity contribution in [1.29, 1.82) is 0 Å². The first-order chi connectivity index (χ1) is 27.7. The lowest BCUT2D eigenvalue weighted by Crippen LogP contribution is -1.93. The van der Waals surface area contributed by atoms with Crippen LogP contribution in [0.4, 0.5) is 0 Å². The van der Waals surface area contributed by atoms with Crippen molar-refractivity contribution in [2.75, 3.05) is 0 Å². The molecule has 0 bridgehead atoms. The highest BCUT2D eigenvalue weighted by molar-refractivity contribution is 6.15. The second-order valence-electron chi connectivity index (χ2n) is 14.4. The summed E-state index contributed by atoms with van der Waals surface area (Å²) >= 11 is 0. The number of hydrogen-bond acceptors (Lipinski definition) is 3. The van der Waals surface area contributed by atoms with Crippen LogP contribution in [-0.2, 0) is 0 Å². The lowest BCUT2D eigenvalue weighted by atomic mass is 9.90. The quantitative estimate of drug-likeness (QED) is 0.167. The molecule has 3 aromatic heterocycles. The van der Waals surface area contributed by atoms with Gasteiger partial charge in [0, 0.05) is 32.8 Å². The standard InChI is InChI=1S/C53H33N3/c1-4-12-34(13-5-1)46-33-50(36-16-8-3-9-17-36)54-49-31-25-40-32-39(22-26-42(40)51(46)49)41-27-28-45(44-19-11-10-18-43(41)44)48-30-24-38-21-20-37-23-29-47(35-14-6-2-7-15-35)55-52(37)53(38)56-48/h1-33H. The Kier molecular flexibility index (Phi) is 7.49. The average Bonchev–Trinajstić information content (AvgIpc) is 3.28. The van der Waals surface area contributed by atoms with Crippen molar-refractivity contribution < 1.29 is 0 Å². The maximum absolute atomic E-state index is 5.32. The smallest absolute Gasteiger partial charge is 0.0972 e. The molecular formula is C53H33N3. The summed E-state index contributed by atoms with van der Waals surface area (Å²) in [4.78, 5) is 15.6. The van der Waals surface area contributed by atoms with E-state index in [0.717, 1.165) is 66.5 Å². The van der Waals surface area contributed by atoms with Gasteiger partial charge in [0.25, 0.3) is 0 Å². The normalized spacial score (nSPS) is 11.6. The maximum atomic E-state index is 5.32. The lowest BCUT2D eigenvalue weighted by Gasteiger charge is -2.15. The molecule has 0 N–H and O–H groups in total. The van der Waals surface area contributed by atoms with E-state index in [9.17, 15) is 0 Å². The number of pyridine rings is 3. The third kappa shape index (κ3) is 5.40. The molecule has 0 radical (unpaired) electrons. The highest BCUT2D eigenvalue weighted by Gasteiger charge is 2.16. The molecule has 0 saturated heterocycles. The molecule has 0 amide bonds. The van der Waals surface area contributed by atoms with E-state index in [-0.39, 0.29) is 0 Å². The first-order valence-corrected chi connectivity index (χ1v) is 19.0. The first kappa shape index (κ1) is 32.0. The minimum Gasteiger partial charge on any atom is -0.248 e. The molecule has 11 rings (SSSR count). The monoisotopic (exact) mass is 711 g/mol. The molecule has 3 heteroatoms. The van der Waals surface area contributed by atoms with Crippen LogP contribution in [0, 0.1) is 0 Å². The Morgan fingerprint density at radius 3 is 1.50 bits per heavy atom. The second-order valence-corrected chi connectivity index (χ2v) is 14.4. The van der Waals surface area contributed by atoms with E-state index < -0.39 is 0 Å². The van der Waals surface area contributed by atoms with Gasteiger partial charge < -0.3 is 0 Å². The summed E-state index contributed by atoms with van der Waals surface area (Å²) in [7, 11) is 0. The molecule has 0 fully saturated rings. The van der Waals surface area contributed by atoms with Crippen molar-refractivity contribution in [2.45, 2.75) is 0 Å². The van der Waals surface area contributed by atoms with E-state index in [4.69, 9.17) is 15.0 Å². The molecule has 0 aliphatic heterocycles. The SMILES string of the molecule is c1ccc(-c2cc(-c3ccccc3)c3c(ccc4cc(-c5ccc(-c6ccc7ccc8ccc(-c9ccccc9)nc8c7n6)c6ccccc56)ccc43)n2)cc1. The number of aromatic nitrogens is 3. The van der Waals surface area contributed by atoms with Gasteiger partial charge in [-0.3, -0.25) is 0 Å². The van der Waals surface area contributed by atoms with E-state index >= 15 is 0 Å². The van der Waals surface area contributed by atoms with E-state index in [2.05, 4.69) is 188 Å². The molecule has 0 atom stereocenters. The van der Waals surface area contributed by atoms with Gasteiger partial charge >= 0.3 is 0 Å². The number of fused-ring (bicyclic) bond motifs is 7. The summed E-state index contributed by atoms with van der Waals surface area (Å²) in [6.07, 6.45) is 0. The van der Waals surface area contributed by atoms with Gasteiger partial charge in [-0.25, -0.2) is 15.0 Å². The summed E-state index contributed by atoms with van der Waals surface area (Å²) < 4.78 is 0. The van der Waals surface area contributed by atoms with Crippen LogP contribution < -0.4 is 0 Å². The number of benzene rings is 8. The highest BCUT2D eigenvalue weighted by atomic mass is 14.8. The molecule has 3 heterocycles. The molecule has 0 saturated carbocycles. The fraction of sp³-hybridized carbons (Fsp3) is 0. The Balaban J connectivity index is 1.05. The third-order valence-electron chi connectivity index (χ3n) is 11.0.